The first-order valence-electron chi connectivity index (χ1n) is 9.74. The monoisotopic (exact) mass is 462 g/mol. The number of carbonyl (C=O) groups is 2. The Hall–Kier alpha value is -2.14. The Kier molecular flexibility index (Phi) is 9.92. The molecule has 1 unspecified atom stereocenters. The van der Waals surface area contributed by atoms with E-state index < -0.39 is 12.1 Å². The number of hydrogen-bond acceptors (Lipinski definition) is 5. The number of halogens is 1. The van der Waals surface area contributed by atoms with Crippen LogP contribution in [-0.4, -0.2) is 36.7 Å². The molecule has 1 N–H and O–H groups in total. The van der Waals surface area contributed by atoms with Crippen LogP contribution in [-0.2, 0) is 14.3 Å². The summed E-state index contributed by atoms with van der Waals surface area (Å²) in [6, 6.07) is 7.74. The summed E-state index contributed by atoms with van der Waals surface area (Å²) in [6.07, 6.45) is 9.42. The molecule has 2 rings (SSSR count). The van der Waals surface area contributed by atoms with E-state index in [1.165, 1.54) is 7.11 Å². The summed E-state index contributed by atoms with van der Waals surface area (Å²) in [7, 11) is 1.23. The molecule has 0 bridgehead atoms. The van der Waals surface area contributed by atoms with E-state index >= 15 is 0 Å². The maximum Gasteiger partial charge on any atom is 0.335 e. The molecule has 0 aromatic heterocycles. The Labute approximate surface area is 180 Å². The van der Waals surface area contributed by atoms with Crippen LogP contribution in [0.15, 0.2) is 58.8 Å². The van der Waals surface area contributed by atoms with Crippen molar-refractivity contribution in [3.05, 3.63) is 58.8 Å². The Morgan fingerprint density at radius 2 is 2.24 bits per heavy atom. The van der Waals surface area contributed by atoms with E-state index in [0.29, 0.717) is 19.4 Å². The Morgan fingerprint density at radius 1 is 1.41 bits per heavy atom. The molecule has 0 aliphatic heterocycles. The van der Waals surface area contributed by atoms with Crippen LogP contribution in [0.25, 0.3) is 0 Å². The average molecular weight is 463 g/mol. The average Bonchev–Trinajstić information content (AvgIpc) is 3.06. The third kappa shape index (κ3) is 8.01. The van der Waals surface area contributed by atoms with Crippen LogP contribution in [0, 0.1) is 11.8 Å². The van der Waals surface area contributed by atoms with Gasteiger partial charge in [-0.1, -0.05) is 34.1 Å². The summed E-state index contributed by atoms with van der Waals surface area (Å²) < 4.78 is 11.2. The predicted octanol–water partition coefficient (Wildman–Crippen LogP) is 4.39. The van der Waals surface area contributed by atoms with Crippen LogP contribution < -0.4 is 4.74 Å². The molecule has 0 spiro atoms. The Balaban J connectivity index is 1.76. The van der Waals surface area contributed by atoms with Gasteiger partial charge in [0.05, 0.1) is 13.7 Å². The van der Waals surface area contributed by atoms with Crippen molar-refractivity contribution in [1.82, 2.24) is 0 Å². The highest BCUT2D eigenvalue weighted by Crippen LogP contribution is 2.32. The van der Waals surface area contributed by atoms with Gasteiger partial charge in [0.25, 0.3) is 0 Å². The molecule has 0 saturated heterocycles. The zero-order valence-corrected chi connectivity index (χ0v) is 18.1. The van der Waals surface area contributed by atoms with Crippen LogP contribution in [0.5, 0.6) is 5.75 Å². The molecule has 5 nitrogen and oxygen atoms in total. The predicted molar refractivity (Wildman–Crippen MR) is 115 cm³/mol. The van der Waals surface area contributed by atoms with Crippen molar-refractivity contribution < 1.29 is 24.2 Å². The topological polar surface area (TPSA) is 72.8 Å². The number of aliphatic hydroxyl groups excluding tert-OH is 1. The lowest BCUT2D eigenvalue weighted by Crippen LogP contribution is -2.20. The second kappa shape index (κ2) is 12.4. The van der Waals surface area contributed by atoms with E-state index in [4.69, 9.17) is 4.74 Å². The van der Waals surface area contributed by atoms with Gasteiger partial charge in [-0.05, 0) is 55.5 Å². The third-order valence-corrected chi connectivity index (χ3v) is 5.30. The van der Waals surface area contributed by atoms with Gasteiger partial charge in [-0.2, -0.15) is 0 Å². The molecule has 1 aliphatic carbocycles. The normalized spacial score (nSPS) is 19.6. The first-order chi connectivity index (χ1) is 14.0. The van der Waals surface area contributed by atoms with Crippen molar-refractivity contribution in [3.8, 4) is 5.75 Å². The molecule has 1 aromatic rings. The third-order valence-electron chi connectivity index (χ3n) is 4.81. The van der Waals surface area contributed by atoms with Crippen LogP contribution in [0.3, 0.4) is 0 Å². The summed E-state index contributed by atoms with van der Waals surface area (Å²) in [5, 5.41) is 9.50. The molecule has 0 radical (unpaired) electrons. The number of allylic oxidation sites excluding steroid dienone is 1. The van der Waals surface area contributed by atoms with E-state index in [1.807, 2.05) is 24.3 Å². The van der Waals surface area contributed by atoms with Gasteiger partial charge in [-0.15, -0.1) is 5.73 Å². The van der Waals surface area contributed by atoms with E-state index in [0.717, 1.165) is 23.1 Å². The largest absolute Gasteiger partial charge is 0.493 e. The van der Waals surface area contributed by atoms with Crippen molar-refractivity contribution in [2.45, 2.75) is 38.2 Å². The molecule has 29 heavy (non-hydrogen) atoms. The highest BCUT2D eigenvalue weighted by molar-refractivity contribution is 9.10. The molecular weight excluding hydrogens is 436 g/mol. The Morgan fingerprint density at radius 3 is 3.00 bits per heavy atom. The summed E-state index contributed by atoms with van der Waals surface area (Å²) in [6.45, 7) is 0.587. The molecule has 1 fully saturated rings. The molecule has 0 heterocycles. The maximum absolute atomic E-state index is 12.2. The number of benzene rings is 1. The fraction of sp³-hybridized carbons (Fsp3) is 0.435. The minimum atomic E-state index is -1.18. The fourth-order valence-electron chi connectivity index (χ4n) is 3.23. The fourth-order valence-corrected chi connectivity index (χ4v) is 3.61. The Bertz CT molecular complexity index is 779. The summed E-state index contributed by atoms with van der Waals surface area (Å²) >= 11 is 3.42. The lowest BCUT2D eigenvalue weighted by Gasteiger charge is -2.12. The van der Waals surface area contributed by atoms with Gasteiger partial charge in [-0.3, -0.25) is 4.79 Å². The van der Waals surface area contributed by atoms with E-state index in [1.54, 1.807) is 12.2 Å². The molecule has 1 aromatic carbocycles. The van der Waals surface area contributed by atoms with Crippen molar-refractivity contribution in [2.75, 3.05) is 13.7 Å². The van der Waals surface area contributed by atoms with Crippen molar-refractivity contribution in [3.63, 3.8) is 0 Å². The lowest BCUT2D eigenvalue weighted by atomic mass is 9.91. The smallest absolute Gasteiger partial charge is 0.335 e. The number of hydrogen-bond donors (Lipinski definition) is 1. The van der Waals surface area contributed by atoms with Gasteiger partial charge in [0.2, 0.25) is 0 Å². The van der Waals surface area contributed by atoms with E-state index in [2.05, 4.69) is 38.6 Å². The number of esters is 1. The van der Waals surface area contributed by atoms with Crippen LogP contribution in [0.4, 0.5) is 0 Å². The van der Waals surface area contributed by atoms with E-state index in [-0.39, 0.29) is 24.0 Å². The first kappa shape index (κ1) is 23.1. The SMILES string of the molecule is COC(=O)C(O)CC=C=CC[C@H]1C(=O)CC[C@@H]1/C=C/CCOc1cccc(Br)c1. The maximum atomic E-state index is 12.2. The van der Waals surface area contributed by atoms with Gasteiger partial charge in [0.1, 0.15) is 11.5 Å². The number of ether oxygens (including phenoxy) is 2. The van der Waals surface area contributed by atoms with Crippen LogP contribution in [0.2, 0.25) is 0 Å². The zero-order valence-electron chi connectivity index (χ0n) is 16.6. The molecule has 1 aliphatic rings. The van der Waals surface area contributed by atoms with Crippen molar-refractivity contribution in [2.24, 2.45) is 11.8 Å². The first-order valence-corrected chi connectivity index (χ1v) is 10.5. The summed E-state index contributed by atoms with van der Waals surface area (Å²) in [4.78, 5) is 23.3. The van der Waals surface area contributed by atoms with Crippen LogP contribution in [0.1, 0.15) is 32.1 Å². The number of methoxy groups -OCH3 is 1. The molecule has 6 heteroatoms. The molecule has 0 amide bonds. The van der Waals surface area contributed by atoms with Gasteiger partial charge >= 0.3 is 5.97 Å². The van der Waals surface area contributed by atoms with Gasteiger partial charge < -0.3 is 14.6 Å². The van der Waals surface area contributed by atoms with Gasteiger partial charge in [0, 0.05) is 23.2 Å². The number of rotatable bonds is 10. The lowest BCUT2D eigenvalue weighted by molar-refractivity contribution is -0.150. The standard InChI is InChI=1S/C23H27BrO5/c1-28-23(27)22(26)12-4-2-3-11-20-17(13-14-21(20)25)8-5-6-15-29-19-10-7-9-18(24)16-19/h3-5,7-10,16-17,20,22,26H,6,11-15H2,1H3/b8-5+/t2?,17-,20+,22?/m0/s1. The molecular formula is C23H27BrO5. The number of aliphatic hydroxyl groups is 1. The number of ketones is 1. The quantitative estimate of drug-likeness (QED) is 0.241. The van der Waals surface area contributed by atoms with E-state index in [9.17, 15) is 14.7 Å². The molecule has 156 valence electrons. The number of carbonyl (C=O) groups excluding carboxylic acids is 2. The highest BCUT2D eigenvalue weighted by Gasteiger charge is 2.31. The zero-order chi connectivity index (χ0) is 21.1. The number of Topliss-reactive ketones (excluding diaryl/α,β-unsaturated/α-hetero) is 1. The minimum absolute atomic E-state index is 0.0383. The molecule has 1 saturated carbocycles. The summed E-state index contributed by atoms with van der Waals surface area (Å²) in [5.41, 5.74) is 2.94. The highest BCUT2D eigenvalue weighted by atomic mass is 79.9. The molecule has 3 atom stereocenters. The second-order valence-corrected chi connectivity index (χ2v) is 7.80. The van der Waals surface area contributed by atoms with Gasteiger partial charge in [-0.25, -0.2) is 4.79 Å². The second-order valence-electron chi connectivity index (χ2n) is 6.88. The van der Waals surface area contributed by atoms with Crippen molar-refractivity contribution >= 4 is 27.7 Å². The summed E-state index contributed by atoms with van der Waals surface area (Å²) in [5.74, 6) is 0.632. The van der Waals surface area contributed by atoms with Gasteiger partial charge in [0.15, 0.2) is 6.10 Å². The van der Waals surface area contributed by atoms with Crippen molar-refractivity contribution in [1.29, 1.82) is 0 Å². The minimum Gasteiger partial charge on any atom is -0.493 e. The van der Waals surface area contributed by atoms with Crippen LogP contribution >= 0.6 is 15.9 Å².